The van der Waals surface area contributed by atoms with Gasteiger partial charge < -0.3 is 5.11 Å². The van der Waals surface area contributed by atoms with Crippen LogP contribution < -0.4 is 0 Å². The number of hydrogen-bond donors (Lipinski definition) is 1. The van der Waals surface area contributed by atoms with Crippen molar-refractivity contribution in [3.63, 3.8) is 0 Å². The number of allylic oxidation sites excluding steroid dienone is 2. The van der Waals surface area contributed by atoms with Gasteiger partial charge in [0.05, 0.1) is 5.92 Å². The summed E-state index contributed by atoms with van der Waals surface area (Å²) >= 11 is 0. The molecule has 0 spiro atoms. The second-order valence-corrected chi connectivity index (χ2v) is 10.3. The predicted molar refractivity (Wildman–Crippen MR) is 92.2 cm³/mol. The van der Waals surface area contributed by atoms with Gasteiger partial charge in [-0.3, -0.25) is 4.79 Å². The van der Waals surface area contributed by atoms with Crippen molar-refractivity contribution in [1.82, 2.24) is 0 Å². The van der Waals surface area contributed by atoms with Crippen LogP contribution in [0.15, 0.2) is 12.2 Å². The van der Waals surface area contributed by atoms with E-state index in [-0.39, 0.29) is 5.92 Å². The van der Waals surface area contributed by atoms with Gasteiger partial charge in [0.25, 0.3) is 0 Å². The summed E-state index contributed by atoms with van der Waals surface area (Å²) in [7, 11) is 0. The Bertz CT molecular complexity index is 638. The first kappa shape index (κ1) is 14.4. The van der Waals surface area contributed by atoms with Crippen molar-refractivity contribution >= 4 is 5.97 Å². The third-order valence-corrected chi connectivity index (χ3v) is 10.3. The van der Waals surface area contributed by atoms with Crippen molar-refractivity contribution < 1.29 is 9.90 Å². The summed E-state index contributed by atoms with van der Waals surface area (Å²) in [4.78, 5) is 12.1. The van der Waals surface area contributed by atoms with Crippen LogP contribution in [-0.2, 0) is 4.79 Å². The van der Waals surface area contributed by atoms with Crippen molar-refractivity contribution in [1.29, 1.82) is 0 Å². The molecule has 24 heavy (non-hydrogen) atoms. The summed E-state index contributed by atoms with van der Waals surface area (Å²) in [5, 5.41) is 9.95. The lowest BCUT2D eigenvalue weighted by Crippen LogP contribution is -2.51. The Kier molecular flexibility index (Phi) is 2.58. The van der Waals surface area contributed by atoms with E-state index in [1.165, 1.54) is 44.9 Å². The molecule has 0 radical (unpaired) electrons. The quantitative estimate of drug-likeness (QED) is 0.600. The maximum atomic E-state index is 12.1. The Hall–Kier alpha value is -0.790. The molecule has 2 nitrogen and oxygen atoms in total. The van der Waals surface area contributed by atoms with E-state index in [2.05, 4.69) is 19.1 Å². The zero-order valence-corrected chi connectivity index (χ0v) is 14.8. The van der Waals surface area contributed by atoms with Crippen LogP contribution in [0, 0.1) is 58.2 Å². The average molecular weight is 326 g/mol. The van der Waals surface area contributed by atoms with Crippen LogP contribution in [0.3, 0.4) is 0 Å². The topological polar surface area (TPSA) is 37.3 Å². The van der Waals surface area contributed by atoms with Gasteiger partial charge in [-0.2, -0.15) is 0 Å². The molecule has 5 saturated carbocycles. The van der Waals surface area contributed by atoms with E-state index in [1.807, 2.05) is 0 Å². The number of rotatable bonds is 3. The number of carbonyl (C=O) groups is 1. The van der Waals surface area contributed by atoms with Crippen molar-refractivity contribution in [2.75, 3.05) is 0 Å². The number of fused-ring (bicyclic) bond motifs is 11. The zero-order valence-electron chi connectivity index (χ0n) is 14.8. The first-order valence-corrected chi connectivity index (χ1v) is 10.5. The third kappa shape index (κ3) is 1.35. The molecule has 0 aromatic carbocycles. The second kappa shape index (κ2) is 4.30. The minimum absolute atomic E-state index is 0.0402. The van der Waals surface area contributed by atoms with Gasteiger partial charge >= 0.3 is 5.97 Å². The molecule has 0 saturated heterocycles. The second-order valence-electron chi connectivity index (χ2n) is 10.3. The standard InChI is InChI=1S/C22H30O2/c1-2-21(9-12-3-6-15(21)7-12)22-10-16(17(11-22)20(23)24)18-13-4-5-14(8-13)19(18)22/h4-5,12-19H,2-3,6-11H2,1H3,(H,23,24). The summed E-state index contributed by atoms with van der Waals surface area (Å²) in [6.07, 6.45) is 15.7. The van der Waals surface area contributed by atoms with Gasteiger partial charge in [0.2, 0.25) is 0 Å². The molecule has 6 bridgehead atoms. The number of carboxylic acid groups (broad SMARTS) is 1. The van der Waals surface area contributed by atoms with Crippen LogP contribution in [0.25, 0.3) is 0 Å². The fourth-order valence-corrected chi connectivity index (χ4v) is 9.94. The molecular weight excluding hydrogens is 296 g/mol. The van der Waals surface area contributed by atoms with Crippen LogP contribution in [0.2, 0.25) is 0 Å². The Labute approximate surface area is 145 Å². The zero-order chi connectivity index (χ0) is 16.3. The van der Waals surface area contributed by atoms with Gasteiger partial charge in [0.1, 0.15) is 0 Å². The van der Waals surface area contributed by atoms with E-state index in [4.69, 9.17) is 0 Å². The number of carboxylic acids is 1. The molecule has 0 aromatic rings. The van der Waals surface area contributed by atoms with Gasteiger partial charge in [-0.15, -0.1) is 0 Å². The number of aliphatic carboxylic acids is 1. The molecule has 0 aliphatic heterocycles. The Balaban J connectivity index is 1.51. The minimum atomic E-state index is -0.485. The van der Waals surface area contributed by atoms with Crippen molar-refractivity contribution in [2.45, 2.75) is 58.3 Å². The van der Waals surface area contributed by atoms with E-state index in [0.29, 0.717) is 28.6 Å². The minimum Gasteiger partial charge on any atom is -0.481 e. The molecule has 1 N–H and O–H groups in total. The highest BCUT2D eigenvalue weighted by atomic mass is 16.4. The maximum absolute atomic E-state index is 12.1. The molecule has 130 valence electrons. The van der Waals surface area contributed by atoms with Crippen LogP contribution in [0.1, 0.15) is 58.3 Å². The van der Waals surface area contributed by atoms with Crippen LogP contribution in [0.4, 0.5) is 0 Å². The van der Waals surface area contributed by atoms with E-state index in [0.717, 1.165) is 30.1 Å². The summed E-state index contributed by atoms with van der Waals surface area (Å²) in [6.45, 7) is 2.44. The summed E-state index contributed by atoms with van der Waals surface area (Å²) in [6, 6.07) is 0. The van der Waals surface area contributed by atoms with E-state index < -0.39 is 5.97 Å². The van der Waals surface area contributed by atoms with Crippen molar-refractivity contribution in [3.05, 3.63) is 12.2 Å². The summed E-state index contributed by atoms with van der Waals surface area (Å²) in [5.74, 6) is 4.84. The summed E-state index contributed by atoms with van der Waals surface area (Å²) in [5.41, 5.74) is 0.847. The molecular formula is C22H30O2. The van der Waals surface area contributed by atoms with Gasteiger partial charge in [-0.1, -0.05) is 25.5 Å². The molecule has 0 amide bonds. The molecule has 5 fully saturated rings. The fraction of sp³-hybridized carbons (Fsp3) is 0.864. The largest absolute Gasteiger partial charge is 0.481 e. The highest BCUT2D eigenvalue weighted by molar-refractivity contribution is 5.71. The SMILES string of the molecule is CCC1(C23CC(C(=O)O)C(C2)C2C4C=CC(C4)C23)CC2CCC1C2. The fourth-order valence-electron chi connectivity index (χ4n) is 9.94. The molecule has 10 atom stereocenters. The van der Waals surface area contributed by atoms with Gasteiger partial charge in [0, 0.05) is 0 Å². The lowest BCUT2D eigenvalue weighted by Gasteiger charge is -2.56. The molecule has 6 rings (SSSR count). The highest BCUT2D eigenvalue weighted by Crippen LogP contribution is 2.81. The summed E-state index contributed by atoms with van der Waals surface area (Å²) < 4.78 is 0. The highest BCUT2D eigenvalue weighted by Gasteiger charge is 2.76. The first-order chi connectivity index (χ1) is 11.6. The van der Waals surface area contributed by atoms with Gasteiger partial charge in [0.15, 0.2) is 0 Å². The van der Waals surface area contributed by atoms with Crippen LogP contribution >= 0.6 is 0 Å². The van der Waals surface area contributed by atoms with Crippen LogP contribution in [-0.4, -0.2) is 11.1 Å². The van der Waals surface area contributed by atoms with Crippen molar-refractivity contribution in [3.8, 4) is 0 Å². The van der Waals surface area contributed by atoms with E-state index in [1.54, 1.807) is 0 Å². The normalized spacial score (nSPS) is 61.9. The third-order valence-electron chi connectivity index (χ3n) is 10.3. The van der Waals surface area contributed by atoms with Crippen LogP contribution in [0.5, 0.6) is 0 Å². The molecule has 0 aromatic heterocycles. The Morgan fingerprint density at radius 1 is 1.12 bits per heavy atom. The molecule has 0 heterocycles. The first-order valence-electron chi connectivity index (χ1n) is 10.5. The van der Waals surface area contributed by atoms with E-state index >= 15 is 0 Å². The Morgan fingerprint density at radius 3 is 2.62 bits per heavy atom. The van der Waals surface area contributed by atoms with Gasteiger partial charge in [-0.25, -0.2) is 0 Å². The predicted octanol–water partition coefficient (Wildman–Crippen LogP) is 4.75. The molecule has 6 aliphatic carbocycles. The van der Waals surface area contributed by atoms with Crippen molar-refractivity contribution in [2.24, 2.45) is 58.2 Å². The maximum Gasteiger partial charge on any atom is 0.306 e. The van der Waals surface area contributed by atoms with E-state index in [9.17, 15) is 9.90 Å². The monoisotopic (exact) mass is 326 g/mol. The number of hydrogen-bond acceptors (Lipinski definition) is 1. The smallest absolute Gasteiger partial charge is 0.306 e. The lowest BCUT2D eigenvalue weighted by atomic mass is 9.47. The van der Waals surface area contributed by atoms with Gasteiger partial charge in [-0.05, 0) is 97.2 Å². The lowest BCUT2D eigenvalue weighted by molar-refractivity contribution is -0.148. The molecule has 10 unspecified atom stereocenters. The average Bonchev–Trinajstić information content (AvgIpc) is 3.40. The Morgan fingerprint density at radius 2 is 1.96 bits per heavy atom. The molecule has 6 aliphatic rings. The molecule has 2 heteroatoms.